The minimum absolute atomic E-state index is 0.0236. The number of allylic oxidation sites excluding steroid dienone is 2. The Morgan fingerprint density at radius 1 is 1.14 bits per heavy atom. The maximum Gasteiger partial charge on any atom is 0.335 e. The van der Waals surface area contributed by atoms with Gasteiger partial charge in [-0.05, 0) is 42.7 Å². The van der Waals surface area contributed by atoms with E-state index in [1.54, 1.807) is 18.5 Å². The standard InChI is InChI=1S/C21H19N3O4/c25-19-15-5-1-2-6-16(15)20(26)24(19)18-10-14(21(27)28)7-8-17(18)23-12-13-4-3-9-22-11-13/h1-4,7-11,15-16,23H,5-6,12H2,(H,27,28). The molecule has 2 aliphatic rings. The smallest absolute Gasteiger partial charge is 0.335 e. The lowest BCUT2D eigenvalue weighted by molar-refractivity contribution is -0.122. The molecule has 28 heavy (non-hydrogen) atoms. The Morgan fingerprint density at radius 2 is 1.86 bits per heavy atom. The summed E-state index contributed by atoms with van der Waals surface area (Å²) < 4.78 is 0. The predicted molar refractivity (Wildman–Crippen MR) is 103 cm³/mol. The number of hydrogen-bond donors (Lipinski definition) is 2. The second kappa shape index (κ2) is 7.26. The van der Waals surface area contributed by atoms with E-state index in [0.717, 1.165) is 10.5 Å². The lowest BCUT2D eigenvalue weighted by Gasteiger charge is -2.20. The average molecular weight is 377 g/mol. The maximum atomic E-state index is 12.9. The summed E-state index contributed by atoms with van der Waals surface area (Å²) in [5, 5.41) is 12.6. The molecule has 4 rings (SSSR count). The molecule has 1 aromatic carbocycles. The van der Waals surface area contributed by atoms with Gasteiger partial charge in [0.1, 0.15) is 0 Å². The number of hydrogen-bond acceptors (Lipinski definition) is 5. The van der Waals surface area contributed by atoms with Crippen LogP contribution in [0.5, 0.6) is 0 Å². The number of benzene rings is 1. The average Bonchev–Trinajstić information content (AvgIpc) is 2.98. The van der Waals surface area contributed by atoms with Crippen LogP contribution in [0.15, 0.2) is 54.9 Å². The Balaban J connectivity index is 1.69. The minimum Gasteiger partial charge on any atom is -0.478 e. The van der Waals surface area contributed by atoms with Crippen LogP contribution in [-0.2, 0) is 16.1 Å². The molecule has 7 nitrogen and oxygen atoms in total. The first-order valence-electron chi connectivity index (χ1n) is 9.09. The molecular formula is C21H19N3O4. The van der Waals surface area contributed by atoms with Gasteiger partial charge in [-0.2, -0.15) is 0 Å². The van der Waals surface area contributed by atoms with Crippen molar-refractivity contribution in [2.45, 2.75) is 19.4 Å². The quantitative estimate of drug-likeness (QED) is 0.614. The van der Waals surface area contributed by atoms with Crippen molar-refractivity contribution in [3.63, 3.8) is 0 Å². The Kier molecular flexibility index (Phi) is 4.65. The molecule has 2 aromatic rings. The maximum absolute atomic E-state index is 12.9. The van der Waals surface area contributed by atoms with E-state index in [2.05, 4.69) is 10.3 Å². The van der Waals surface area contributed by atoms with Crippen molar-refractivity contribution in [3.8, 4) is 0 Å². The van der Waals surface area contributed by atoms with Crippen molar-refractivity contribution in [1.29, 1.82) is 0 Å². The summed E-state index contributed by atoms with van der Waals surface area (Å²) in [4.78, 5) is 42.6. The van der Waals surface area contributed by atoms with E-state index in [0.29, 0.717) is 25.1 Å². The lowest BCUT2D eigenvalue weighted by atomic mass is 9.85. The number of anilines is 2. The van der Waals surface area contributed by atoms with Gasteiger partial charge in [0.05, 0.1) is 28.8 Å². The van der Waals surface area contributed by atoms with Gasteiger partial charge in [-0.3, -0.25) is 14.6 Å². The zero-order valence-corrected chi connectivity index (χ0v) is 15.0. The van der Waals surface area contributed by atoms with E-state index < -0.39 is 5.97 Å². The third-order valence-corrected chi connectivity index (χ3v) is 5.20. The van der Waals surface area contributed by atoms with Crippen LogP contribution in [0.3, 0.4) is 0 Å². The fourth-order valence-electron chi connectivity index (χ4n) is 3.74. The van der Waals surface area contributed by atoms with E-state index in [9.17, 15) is 19.5 Å². The Bertz CT molecular complexity index is 945. The van der Waals surface area contributed by atoms with Crippen LogP contribution in [0.2, 0.25) is 0 Å². The molecule has 1 saturated heterocycles. The van der Waals surface area contributed by atoms with E-state index in [4.69, 9.17) is 0 Å². The van der Waals surface area contributed by atoms with Gasteiger partial charge >= 0.3 is 5.97 Å². The van der Waals surface area contributed by atoms with Crippen LogP contribution in [-0.4, -0.2) is 27.9 Å². The first-order chi connectivity index (χ1) is 13.6. The SMILES string of the molecule is O=C(O)c1ccc(NCc2cccnc2)c(N2C(=O)C3CC=CCC3C2=O)c1. The second-order valence-electron chi connectivity index (χ2n) is 6.92. The van der Waals surface area contributed by atoms with E-state index in [1.165, 1.54) is 12.1 Å². The Labute approximate surface area is 161 Å². The van der Waals surface area contributed by atoms with Gasteiger partial charge in [-0.1, -0.05) is 18.2 Å². The number of carboxylic acid groups (broad SMARTS) is 1. The molecular weight excluding hydrogens is 358 g/mol. The number of nitrogens with one attached hydrogen (secondary N) is 1. The molecule has 0 radical (unpaired) electrons. The molecule has 1 fully saturated rings. The van der Waals surface area contributed by atoms with Crippen molar-refractivity contribution in [2.75, 3.05) is 10.2 Å². The van der Waals surface area contributed by atoms with Crippen LogP contribution in [0.25, 0.3) is 0 Å². The van der Waals surface area contributed by atoms with Crippen molar-refractivity contribution in [1.82, 2.24) is 4.98 Å². The van der Waals surface area contributed by atoms with Crippen molar-refractivity contribution >= 4 is 29.2 Å². The molecule has 2 amide bonds. The molecule has 0 bridgehead atoms. The first kappa shape index (κ1) is 17.9. The summed E-state index contributed by atoms with van der Waals surface area (Å²) in [5.41, 5.74) is 1.76. The highest BCUT2D eigenvalue weighted by Gasteiger charge is 2.48. The number of amides is 2. The number of nitrogens with zero attached hydrogens (tertiary/aromatic N) is 2. The summed E-state index contributed by atoms with van der Waals surface area (Å²) >= 11 is 0. The molecule has 1 aliphatic heterocycles. The monoisotopic (exact) mass is 377 g/mol. The molecule has 2 atom stereocenters. The zero-order chi connectivity index (χ0) is 19.7. The largest absolute Gasteiger partial charge is 0.478 e. The van der Waals surface area contributed by atoms with Crippen LogP contribution in [0, 0.1) is 11.8 Å². The number of imide groups is 1. The summed E-state index contributed by atoms with van der Waals surface area (Å²) in [7, 11) is 0. The van der Waals surface area contributed by atoms with Crippen LogP contribution in [0.1, 0.15) is 28.8 Å². The molecule has 7 heteroatoms. The molecule has 2 heterocycles. The highest BCUT2D eigenvalue weighted by Crippen LogP contribution is 2.40. The van der Waals surface area contributed by atoms with Gasteiger partial charge in [0.2, 0.25) is 11.8 Å². The number of carboxylic acids is 1. The zero-order valence-electron chi connectivity index (χ0n) is 15.0. The molecule has 142 valence electrons. The lowest BCUT2D eigenvalue weighted by Crippen LogP contribution is -2.31. The van der Waals surface area contributed by atoms with Crippen molar-refractivity contribution in [2.24, 2.45) is 11.8 Å². The van der Waals surface area contributed by atoms with Gasteiger partial charge in [0.25, 0.3) is 0 Å². The summed E-state index contributed by atoms with van der Waals surface area (Å²) in [6, 6.07) is 8.15. The second-order valence-corrected chi connectivity index (χ2v) is 6.92. The fraction of sp³-hybridized carbons (Fsp3) is 0.238. The third kappa shape index (κ3) is 3.15. The summed E-state index contributed by atoms with van der Waals surface area (Å²) in [6.45, 7) is 0.428. The number of pyridine rings is 1. The fourth-order valence-corrected chi connectivity index (χ4v) is 3.74. The van der Waals surface area contributed by atoms with Gasteiger partial charge in [-0.15, -0.1) is 0 Å². The van der Waals surface area contributed by atoms with Crippen molar-refractivity contribution in [3.05, 3.63) is 66.0 Å². The van der Waals surface area contributed by atoms with Gasteiger partial charge in [-0.25, -0.2) is 9.69 Å². The summed E-state index contributed by atoms with van der Waals surface area (Å²) in [5.74, 6) is -2.41. The van der Waals surface area contributed by atoms with Crippen LogP contribution < -0.4 is 10.2 Å². The molecule has 1 aromatic heterocycles. The number of aromatic carboxylic acids is 1. The Morgan fingerprint density at radius 3 is 2.46 bits per heavy atom. The highest BCUT2D eigenvalue weighted by atomic mass is 16.4. The number of fused-ring (bicyclic) bond motifs is 1. The number of carbonyl (C=O) groups is 3. The number of aromatic nitrogens is 1. The Hall–Kier alpha value is -3.48. The topological polar surface area (TPSA) is 99.6 Å². The van der Waals surface area contributed by atoms with E-state index in [1.807, 2.05) is 24.3 Å². The van der Waals surface area contributed by atoms with Gasteiger partial charge < -0.3 is 10.4 Å². The van der Waals surface area contributed by atoms with E-state index >= 15 is 0 Å². The number of carbonyl (C=O) groups excluding carboxylic acids is 2. The summed E-state index contributed by atoms with van der Waals surface area (Å²) in [6.07, 6.45) is 8.29. The number of rotatable bonds is 5. The normalized spacial score (nSPS) is 20.9. The van der Waals surface area contributed by atoms with Gasteiger partial charge in [0.15, 0.2) is 0 Å². The minimum atomic E-state index is -1.11. The third-order valence-electron chi connectivity index (χ3n) is 5.20. The highest BCUT2D eigenvalue weighted by molar-refractivity contribution is 6.23. The molecule has 0 spiro atoms. The van der Waals surface area contributed by atoms with Gasteiger partial charge in [0, 0.05) is 18.9 Å². The molecule has 0 saturated carbocycles. The van der Waals surface area contributed by atoms with Crippen LogP contribution >= 0.6 is 0 Å². The predicted octanol–water partition coefficient (Wildman–Crippen LogP) is 2.85. The van der Waals surface area contributed by atoms with Crippen LogP contribution in [0.4, 0.5) is 11.4 Å². The van der Waals surface area contributed by atoms with Crippen molar-refractivity contribution < 1.29 is 19.5 Å². The van der Waals surface area contributed by atoms with E-state index in [-0.39, 0.29) is 34.9 Å². The molecule has 1 aliphatic carbocycles. The first-order valence-corrected chi connectivity index (χ1v) is 9.09. The molecule has 2 N–H and O–H groups in total. The molecule has 2 unspecified atom stereocenters.